The van der Waals surface area contributed by atoms with Crippen molar-refractivity contribution in [2.75, 3.05) is 46.3 Å². The molecule has 0 aromatic rings. The van der Waals surface area contributed by atoms with Crippen molar-refractivity contribution in [3.63, 3.8) is 0 Å². The predicted octanol–water partition coefficient (Wildman–Crippen LogP) is 1.01. The summed E-state index contributed by atoms with van der Waals surface area (Å²) in [5, 5.41) is 3.60. The van der Waals surface area contributed by atoms with Crippen molar-refractivity contribution >= 4 is 0 Å². The van der Waals surface area contributed by atoms with Crippen LogP contribution in [-0.2, 0) is 0 Å². The maximum absolute atomic E-state index is 3.60. The second kappa shape index (κ2) is 5.99. The summed E-state index contributed by atoms with van der Waals surface area (Å²) in [4.78, 5) is 5.15. The topological polar surface area (TPSA) is 18.5 Å². The fraction of sp³-hybridized carbons (Fsp3) is 1.00. The number of likely N-dealkylation sites (tertiary alicyclic amines) is 2. The van der Waals surface area contributed by atoms with Gasteiger partial charge in [0, 0.05) is 25.7 Å². The number of likely N-dealkylation sites (N-methyl/N-ethyl adjacent to an activating group) is 1. The van der Waals surface area contributed by atoms with Crippen LogP contribution in [0.5, 0.6) is 0 Å². The lowest BCUT2D eigenvalue weighted by molar-refractivity contribution is 0.167. The van der Waals surface area contributed by atoms with E-state index in [1.807, 2.05) is 0 Å². The molecule has 16 heavy (non-hydrogen) atoms. The maximum Gasteiger partial charge on any atom is 0.0195 e. The van der Waals surface area contributed by atoms with Gasteiger partial charge in [0.1, 0.15) is 0 Å². The first-order valence-electron chi connectivity index (χ1n) is 6.92. The molecule has 0 amide bonds. The molecule has 2 saturated heterocycles. The molecule has 2 aliphatic rings. The first kappa shape index (κ1) is 12.3. The highest BCUT2D eigenvalue weighted by atomic mass is 15.2. The van der Waals surface area contributed by atoms with Crippen molar-refractivity contribution in [2.45, 2.75) is 32.2 Å². The van der Waals surface area contributed by atoms with Crippen LogP contribution >= 0.6 is 0 Å². The van der Waals surface area contributed by atoms with E-state index in [1.54, 1.807) is 0 Å². The van der Waals surface area contributed by atoms with Crippen LogP contribution < -0.4 is 5.32 Å². The van der Waals surface area contributed by atoms with E-state index in [-0.39, 0.29) is 0 Å². The molecule has 1 N–H and O–H groups in total. The molecule has 0 saturated carbocycles. The van der Waals surface area contributed by atoms with Gasteiger partial charge in [-0.05, 0) is 51.9 Å². The van der Waals surface area contributed by atoms with E-state index in [9.17, 15) is 0 Å². The molecule has 3 nitrogen and oxygen atoms in total. The number of hydrogen-bond donors (Lipinski definition) is 1. The van der Waals surface area contributed by atoms with Crippen LogP contribution in [0, 0.1) is 5.92 Å². The van der Waals surface area contributed by atoms with Crippen molar-refractivity contribution in [3.8, 4) is 0 Å². The van der Waals surface area contributed by atoms with Gasteiger partial charge in [0.2, 0.25) is 0 Å². The molecule has 94 valence electrons. The molecule has 0 radical (unpaired) electrons. The van der Waals surface area contributed by atoms with Gasteiger partial charge in [-0.15, -0.1) is 0 Å². The van der Waals surface area contributed by atoms with Crippen LogP contribution in [0.3, 0.4) is 0 Å². The third kappa shape index (κ3) is 3.44. The minimum Gasteiger partial charge on any atom is -0.313 e. The van der Waals surface area contributed by atoms with Crippen LogP contribution in [-0.4, -0.2) is 62.2 Å². The Kier molecular flexibility index (Phi) is 4.62. The van der Waals surface area contributed by atoms with Crippen molar-refractivity contribution < 1.29 is 0 Å². The average Bonchev–Trinajstić information content (AvgIpc) is 2.65. The standard InChI is InChI=1S/C13H27N3/c1-3-14-13-5-4-7-16(11-13)10-12-6-8-15(2)9-12/h12-14H,3-11H2,1-2H3. The van der Waals surface area contributed by atoms with E-state index in [0.717, 1.165) is 18.5 Å². The molecule has 0 bridgehead atoms. The maximum atomic E-state index is 3.60. The van der Waals surface area contributed by atoms with Crippen LogP contribution in [0.15, 0.2) is 0 Å². The van der Waals surface area contributed by atoms with Crippen molar-refractivity contribution in [1.82, 2.24) is 15.1 Å². The smallest absolute Gasteiger partial charge is 0.0195 e. The highest BCUT2D eigenvalue weighted by Crippen LogP contribution is 2.18. The summed E-state index contributed by atoms with van der Waals surface area (Å²) in [6.07, 6.45) is 4.15. The molecule has 0 aromatic heterocycles. The monoisotopic (exact) mass is 225 g/mol. The van der Waals surface area contributed by atoms with Gasteiger partial charge in [-0.2, -0.15) is 0 Å². The van der Waals surface area contributed by atoms with Gasteiger partial charge in [0.25, 0.3) is 0 Å². The van der Waals surface area contributed by atoms with E-state index < -0.39 is 0 Å². The lowest BCUT2D eigenvalue weighted by Gasteiger charge is -2.34. The number of nitrogens with one attached hydrogen (secondary N) is 1. The van der Waals surface area contributed by atoms with Crippen molar-refractivity contribution in [1.29, 1.82) is 0 Å². The Labute approximate surface area is 100 Å². The quantitative estimate of drug-likeness (QED) is 0.770. The molecule has 0 aliphatic carbocycles. The predicted molar refractivity (Wildman–Crippen MR) is 68.7 cm³/mol. The average molecular weight is 225 g/mol. The summed E-state index contributed by atoms with van der Waals surface area (Å²) in [6, 6.07) is 0.748. The Bertz CT molecular complexity index is 205. The van der Waals surface area contributed by atoms with Gasteiger partial charge >= 0.3 is 0 Å². The van der Waals surface area contributed by atoms with E-state index in [4.69, 9.17) is 0 Å². The van der Waals surface area contributed by atoms with Crippen LogP contribution in [0.25, 0.3) is 0 Å². The molecular weight excluding hydrogens is 198 g/mol. The van der Waals surface area contributed by atoms with Gasteiger partial charge in [0.05, 0.1) is 0 Å². The van der Waals surface area contributed by atoms with Gasteiger partial charge < -0.3 is 15.1 Å². The number of nitrogens with zero attached hydrogens (tertiary/aromatic N) is 2. The number of piperidine rings is 1. The molecule has 2 atom stereocenters. The molecule has 2 aliphatic heterocycles. The molecule has 3 heteroatoms. The fourth-order valence-electron chi connectivity index (χ4n) is 3.22. The zero-order valence-electron chi connectivity index (χ0n) is 10.9. The van der Waals surface area contributed by atoms with Crippen LogP contribution in [0.1, 0.15) is 26.2 Å². The Balaban J connectivity index is 1.72. The van der Waals surface area contributed by atoms with Gasteiger partial charge in [-0.3, -0.25) is 0 Å². The number of rotatable bonds is 4. The Morgan fingerprint density at radius 1 is 1.19 bits per heavy atom. The van der Waals surface area contributed by atoms with Gasteiger partial charge in [-0.25, -0.2) is 0 Å². The van der Waals surface area contributed by atoms with Gasteiger partial charge in [0.15, 0.2) is 0 Å². The highest BCUT2D eigenvalue weighted by molar-refractivity contribution is 4.82. The second-order valence-electron chi connectivity index (χ2n) is 5.57. The molecule has 2 rings (SSSR count). The second-order valence-corrected chi connectivity index (χ2v) is 5.57. The van der Waals surface area contributed by atoms with E-state index >= 15 is 0 Å². The summed E-state index contributed by atoms with van der Waals surface area (Å²) in [7, 11) is 2.25. The first-order valence-corrected chi connectivity index (χ1v) is 6.92. The van der Waals surface area contributed by atoms with Crippen molar-refractivity contribution in [3.05, 3.63) is 0 Å². The Morgan fingerprint density at radius 2 is 2.06 bits per heavy atom. The Hall–Kier alpha value is -0.120. The third-order valence-electron chi connectivity index (χ3n) is 4.00. The SMILES string of the molecule is CCNC1CCCN(CC2CCN(C)C2)C1. The number of hydrogen-bond acceptors (Lipinski definition) is 3. The zero-order valence-corrected chi connectivity index (χ0v) is 10.9. The lowest BCUT2D eigenvalue weighted by Crippen LogP contribution is -2.47. The zero-order chi connectivity index (χ0) is 11.4. The summed E-state index contributed by atoms with van der Waals surface area (Å²) >= 11 is 0. The van der Waals surface area contributed by atoms with Gasteiger partial charge in [-0.1, -0.05) is 6.92 Å². The van der Waals surface area contributed by atoms with E-state index in [2.05, 4.69) is 29.1 Å². The summed E-state index contributed by atoms with van der Waals surface area (Å²) in [6.45, 7) is 9.86. The van der Waals surface area contributed by atoms with E-state index in [1.165, 1.54) is 52.0 Å². The molecule has 2 unspecified atom stereocenters. The molecule has 2 heterocycles. The summed E-state index contributed by atoms with van der Waals surface area (Å²) < 4.78 is 0. The molecular formula is C13H27N3. The summed E-state index contributed by atoms with van der Waals surface area (Å²) in [5.41, 5.74) is 0. The molecule has 0 spiro atoms. The largest absolute Gasteiger partial charge is 0.313 e. The normalized spacial score (nSPS) is 33.4. The summed E-state index contributed by atoms with van der Waals surface area (Å²) in [5.74, 6) is 0.922. The van der Waals surface area contributed by atoms with Crippen molar-refractivity contribution in [2.24, 2.45) is 5.92 Å². The minimum absolute atomic E-state index is 0.748. The lowest BCUT2D eigenvalue weighted by atomic mass is 10.0. The highest BCUT2D eigenvalue weighted by Gasteiger charge is 2.25. The third-order valence-corrected chi connectivity index (χ3v) is 4.00. The fourth-order valence-corrected chi connectivity index (χ4v) is 3.22. The van der Waals surface area contributed by atoms with Crippen LogP contribution in [0.2, 0.25) is 0 Å². The van der Waals surface area contributed by atoms with E-state index in [0.29, 0.717) is 0 Å². The molecule has 2 fully saturated rings. The molecule has 0 aromatic carbocycles. The Morgan fingerprint density at radius 3 is 2.75 bits per heavy atom. The van der Waals surface area contributed by atoms with Crippen LogP contribution in [0.4, 0.5) is 0 Å². The minimum atomic E-state index is 0.748. The first-order chi connectivity index (χ1) is 7.78.